The molecule has 0 aromatic carbocycles. The molecule has 0 atom stereocenters. The second-order valence-electron chi connectivity index (χ2n) is 4.16. The summed E-state index contributed by atoms with van der Waals surface area (Å²) in [5, 5.41) is 19.5. The summed E-state index contributed by atoms with van der Waals surface area (Å²) in [5.74, 6) is 0.647. The van der Waals surface area contributed by atoms with E-state index >= 15 is 0 Å². The van der Waals surface area contributed by atoms with Gasteiger partial charge in [-0.15, -0.1) is 16.4 Å². The topological polar surface area (TPSA) is 52.8 Å². The van der Waals surface area contributed by atoms with Gasteiger partial charge in [-0.1, -0.05) is 6.07 Å². The maximum Gasteiger partial charge on any atom is 0.169 e. The fourth-order valence-electron chi connectivity index (χ4n) is 1.71. The van der Waals surface area contributed by atoms with Crippen LogP contribution in [-0.4, -0.2) is 17.2 Å². The number of aryl methyl sites for hydroxylation is 1. The van der Waals surface area contributed by atoms with Crippen molar-refractivity contribution in [1.82, 2.24) is 10.2 Å². The SMILES string of the molecule is Cc1nnc(N(C)Cc2cccs2)c(C#N)c1C. The third-order valence-corrected chi connectivity index (χ3v) is 3.74. The lowest BCUT2D eigenvalue weighted by Crippen LogP contribution is -2.19. The summed E-state index contributed by atoms with van der Waals surface area (Å²) < 4.78 is 0. The summed E-state index contributed by atoms with van der Waals surface area (Å²) in [5.41, 5.74) is 2.32. The number of hydrogen-bond donors (Lipinski definition) is 0. The van der Waals surface area contributed by atoms with E-state index in [1.807, 2.05) is 37.2 Å². The Morgan fingerprint density at radius 3 is 2.78 bits per heavy atom. The lowest BCUT2D eigenvalue weighted by molar-refractivity contribution is 0.854. The first-order chi connectivity index (χ1) is 8.63. The molecular weight excluding hydrogens is 244 g/mol. The number of aromatic nitrogens is 2. The van der Waals surface area contributed by atoms with Gasteiger partial charge in [0.15, 0.2) is 5.82 Å². The first kappa shape index (κ1) is 12.5. The summed E-state index contributed by atoms with van der Waals surface area (Å²) in [6.07, 6.45) is 0. The van der Waals surface area contributed by atoms with Crippen LogP contribution in [0.1, 0.15) is 21.7 Å². The molecule has 0 spiro atoms. The van der Waals surface area contributed by atoms with Crippen LogP contribution in [-0.2, 0) is 6.54 Å². The van der Waals surface area contributed by atoms with Crippen molar-refractivity contribution in [3.8, 4) is 6.07 Å². The molecule has 0 bridgehead atoms. The molecule has 0 saturated heterocycles. The van der Waals surface area contributed by atoms with Crippen molar-refractivity contribution in [2.24, 2.45) is 0 Å². The Morgan fingerprint density at radius 1 is 1.39 bits per heavy atom. The van der Waals surface area contributed by atoms with E-state index in [-0.39, 0.29) is 0 Å². The van der Waals surface area contributed by atoms with Crippen molar-refractivity contribution in [3.63, 3.8) is 0 Å². The van der Waals surface area contributed by atoms with E-state index in [2.05, 4.69) is 22.3 Å². The second kappa shape index (κ2) is 5.15. The van der Waals surface area contributed by atoms with Crippen molar-refractivity contribution in [2.75, 3.05) is 11.9 Å². The van der Waals surface area contributed by atoms with Crippen LogP contribution in [0.2, 0.25) is 0 Å². The monoisotopic (exact) mass is 258 g/mol. The van der Waals surface area contributed by atoms with E-state index in [0.717, 1.165) is 17.8 Å². The first-order valence-corrected chi connectivity index (χ1v) is 6.49. The molecule has 5 heteroatoms. The molecule has 0 aliphatic carbocycles. The minimum atomic E-state index is 0.613. The van der Waals surface area contributed by atoms with Crippen molar-refractivity contribution >= 4 is 17.2 Å². The summed E-state index contributed by atoms with van der Waals surface area (Å²) in [4.78, 5) is 3.20. The molecule has 0 aliphatic heterocycles. The van der Waals surface area contributed by atoms with Gasteiger partial charge >= 0.3 is 0 Å². The fourth-order valence-corrected chi connectivity index (χ4v) is 2.47. The number of nitrogens with zero attached hydrogens (tertiary/aromatic N) is 4. The summed E-state index contributed by atoms with van der Waals surface area (Å²) in [6.45, 7) is 4.51. The highest BCUT2D eigenvalue weighted by Gasteiger charge is 2.14. The van der Waals surface area contributed by atoms with Gasteiger partial charge in [0.05, 0.1) is 12.2 Å². The highest BCUT2D eigenvalue weighted by molar-refractivity contribution is 7.09. The van der Waals surface area contributed by atoms with E-state index in [1.165, 1.54) is 4.88 Å². The van der Waals surface area contributed by atoms with Gasteiger partial charge in [-0.2, -0.15) is 10.4 Å². The molecule has 0 aliphatic rings. The Morgan fingerprint density at radius 2 is 2.17 bits per heavy atom. The van der Waals surface area contributed by atoms with Crippen molar-refractivity contribution in [3.05, 3.63) is 39.2 Å². The molecule has 2 aromatic heterocycles. The average Bonchev–Trinajstić information content (AvgIpc) is 2.85. The fraction of sp³-hybridized carbons (Fsp3) is 0.308. The number of hydrogen-bond acceptors (Lipinski definition) is 5. The summed E-state index contributed by atoms with van der Waals surface area (Å²) in [6, 6.07) is 6.31. The van der Waals surface area contributed by atoms with Crippen LogP contribution in [0.4, 0.5) is 5.82 Å². The van der Waals surface area contributed by atoms with E-state index in [0.29, 0.717) is 11.4 Å². The highest BCUT2D eigenvalue weighted by Crippen LogP contribution is 2.22. The summed E-state index contributed by atoms with van der Waals surface area (Å²) >= 11 is 1.69. The zero-order chi connectivity index (χ0) is 13.1. The van der Waals surface area contributed by atoms with Crippen molar-refractivity contribution in [1.29, 1.82) is 5.26 Å². The lowest BCUT2D eigenvalue weighted by atomic mass is 10.1. The molecule has 0 unspecified atom stereocenters. The Kier molecular flexibility index (Phi) is 3.58. The molecule has 0 saturated carbocycles. The zero-order valence-electron chi connectivity index (χ0n) is 10.6. The van der Waals surface area contributed by atoms with Gasteiger partial charge in [0.25, 0.3) is 0 Å². The summed E-state index contributed by atoms with van der Waals surface area (Å²) in [7, 11) is 1.93. The van der Waals surface area contributed by atoms with Crippen LogP contribution in [0.3, 0.4) is 0 Å². The Labute approximate surface area is 111 Å². The average molecular weight is 258 g/mol. The maximum absolute atomic E-state index is 9.26. The largest absolute Gasteiger partial charge is 0.352 e. The van der Waals surface area contributed by atoms with Gasteiger partial charge in [0.1, 0.15) is 11.6 Å². The van der Waals surface area contributed by atoms with Crippen LogP contribution in [0.15, 0.2) is 17.5 Å². The van der Waals surface area contributed by atoms with Gasteiger partial charge in [-0.3, -0.25) is 0 Å². The molecule has 18 heavy (non-hydrogen) atoms. The van der Waals surface area contributed by atoms with Gasteiger partial charge in [0.2, 0.25) is 0 Å². The number of anilines is 1. The minimum Gasteiger partial charge on any atom is -0.352 e. The van der Waals surface area contributed by atoms with Gasteiger partial charge in [0, 0.05) is 11.9 Å². The van der Waals surface area contributed by atoms with E-state index in [4.69, 9.17) is 0 Å². The Hall–Kier alpha value is -1.93. The zero-order valence-corrected chi connectivity index (χ0v) is 11.5. The maximum atomic E-state index is 9.26. The minimum absolute atomic E-state index is 0.613. The van der Waals surface area contributed by atoms with Crippen LogP contribution in [0, 0.1) is 25.2 Å². The first-order valence-electron chi connectivity index (χ1n) is 5.61. The smallest absolute Gasteiger partial charge is 0.169 e. The van der Waals surface area contributed by atoms with Crippen molar-refractivity contribution in [2.45, 2.75) is 20.4 Å². The van der Waals surface area contributed by atoms with Gasteiger partial charge in [-0.25, -0.2) is 0 Å². The molecule has 0 radical (unpaired) electrons. The quantitative estimate of drug-likeness (QED) is 0.849. The van der Waals surface area contributed by atoms with Gasteiger partial charge < -0.3 is 4.90 Å². The van der Waals surface area contributed by atoms with Gasteiger partial charge in [-0.05, 0) is 30.9 Å². The second-order valence-corrected chi connectivity index (χ2v) is 5.19. The van der Waals surface area contributed by atoms with Crippen LogP contribution < -0.4 is 4.90 Å². The third kappa shape index (κ3) is 2.34. The van der Waals surface area contributed by atoms with Crippen LogP contribution in [0.5, 0.6) is 0 Å². The molecular formula is C13H14N4S. The Bertz CT molecular complexity index is 584. The number of nitriles is 1. The molecule has 0 amide bonds. The molecule has 4 nitrogen and oxygen atoms in total. The predicted octanol–water partition coefficient (Wildman–Crippen LogP) is 2.66. The van der Waals surface area contributed by atoms with E-state index < -0.39 is 0 Å². The highest BCUT2D eigenvalue weighted by atomic mass is 32.1. The van der Waals surface area contributed by atoms with E-state index in [9.17, 15) is 5.26 Å². The molecule has 92 valence electrons. The lowest BCUT2D eigenvalue weighted by Gasteiger charge is -2.19. The molecule has 2 aromatic rings. The standard InChI is InChI=1S/C13H14N4S/c1-9-10(2)15-16-13(12(9)7-14)17(3)8-11-5-4-6-18-11/h4-6H,8H2,1-3H3. The number of thiophene rings is 1. The molecule has 2 heterocycles. The van der Waals surface area contributed by atoms with Crippen LogP contribution in [0.25, 0.3) is 0 Å². The predicted molar refractivity (Wildman–Crippen MR) is 72.6 cm³/mol. The van der Waals surface area contributed by atoms with Crippen molar-refractivity contribution < 1.29 is 0 Å². The molecule has 0 N–H and O–H groups in total. The number of rotatable bonds is 3. The molecule has 0 fully saturated rings. The molecule has 2 rings (SSSR count). The Balaban J connectivity index is 2.34. The normalized spacial score (nSPS) is 10.1. The van der Waals surface area contributed by atoms with E-state index in [1.54, 1.807) is 11.3 Å². The third-order valence-electron chi connectivity index (χ3n) is 2.88. The van der Waals surface area contributed by atoms with Crippen LogP contribution >= 0.6 is 11.3 Å².